The van der Waals surface area contributed by atoms with Crippen LogP contribution in [0, 0.1) is 0 Å². The highest BCUT2D eigenvalue weighted by molar-refractivity contribution is 6.12. The van der Waals surface area contributed by atoms with E-state index in [1.165, 1.54) is 43.6 Å². The Morgan fingerprint density at radius 2 is 1.08 bits per heavy atom. The molecule has 0 radical (unpaired) electrons. The van der Waals surface area contributed by atoms with Crippen LogP contribution in [-0.2, 0) is 6.42 Å². The Morgan fingerprint density at radius 1 is 0.462 bits per heavy atom. The van der Waals surface area contributed by atoms with E-state index in [0.29, 0.717) is 0 Å². The van der Waals surface area contributed by atoms with Gasteiger partial charge in [0.15, 0.2) is 0 Å². The topological polar surface area (TPSA) is 51.6 Å². The monoisotopic (exact) mass is 664 g/mol. The van der Waals surface area contributed by atoms with E-state index in [4.69, 9.17) is 15.0 Å². The summed E-state index contributed by atoms with van der Waals surface area (Å²) in [4.78, 5) is 19.4. The van der Waals surface area contributed by atoms with Gasteiger partial charge in [0.1, 0.15) is 0 Å². The summed E-state index contributed by atoms with van der Waals surface area (Å²) in [5.41, 5.74) is 13.0. The van der Waals surface area contributed by atoms with E-state index in [-0.39, 0.29) is 0 Å². The first-order valence-corrected chi connectivity index (χ1v) is 17.8. The molecule has 0 aliphatic rings. The molecule has 0 bridgehead atoms. The molecule has 0 aliphatic carbocycles. The Morgan fingerprint density at radius 3 is 1.83 bits per heavy atom. The Hall–Kier alpha value is -6.78. The molecule has 0 saturated heterocycles. The lowest BCUT2D eigenvalue weighted by Crippen LogP contribution is -1.95. The normalized spacial score (nSPS) is 11.6. The van der Waals surface area contributed by atoms with E-state index < -0.39 is 0 Å². The molecule has 0 spiro atoms. The third kappa shape index (κ3) is 4.99. The number of pyridine rings is 4. The van der Waals surface area contributed by atoms with Gasteiger partial charge in [-0.2, -0.15) is 0 Å². The zero-order chi connectivity index (χ0) is 34.6. The molecule has 0 amide bonds. The maximum atomic E-state index is 5.28. The van der Waals surface area contributed by atoms with Gasteiger partial charge in [-0.1, -0.05) is 110 Å². The van der Waals surface area contributed by atoms with Gasteiger partial charge in [-0.05, 0) is 92.9 Å². The Balaban J connectivity index is 1.07. The molecule has 10 aromatic rings. The van der Waals surface area contributed by atoms with Crippen LogP contribution in [0.5, 0.6) is 0 Å². The van der Waals surface area contributed by atoms with Gasteiger partial charge in [0.25, 0.3) is 0 Å². The molecule has 0 N–H and O–H groups in total. The Bertz CT molecular complexity index is 3000. The van der Waals surface area contributed by atoms with Crippen LogP contribution in [0.15, 0.2) is 164 Å². The first kappa shape index (κ1) is 30.1. The number of fused-ring (bicyclic) bond motifs is 6. The number of hydrogen-bond acceptors (Lipinski definition) is 4. The van der Waals surface area contributed by atoms with Crippen molar-refractivity contribution in [3.8, 4) is 44.8 Å². The lowest BCUT2D eigenvalue weighted by molar-refractivity contribution is 1.16. The molecule has 0 fully saturated rings. The summed E-state index contributed by atoms with van der Waals surface area (Å²) < 4.78 is 0. The second kappa shape index (κ2) is 12.2. The number of nitrogens with zero attached hydrogens (tertiary/aromatic N) is 4. The first-order chi connectivity index (χ1) is 25.7. The molecule has 0 aliphatic heterocycles. The third-order valence-electron chi connectivity index (χ3n) is 10.4. The quantitative estimate of drug-likeness (QED) is 0.172. The fraction of sp³-hybridized carbons (Fsp3) is 0.0417. The highest BCUT2D eigenvalue weighted by Gasteiger charge is 2.16. The zero-order valence-electron chi connectivity index (χ0n) is 28.6. The summed E-state index contributed by atoms with van der Waals surface area (Å²) in [6.45, 7) is 2.25. The van der Waals surface area contributed by atoms with Gasteiger partial charge in [0, 0.05) is 51.3 Å². The summed E-state index contributed by atoms with van der Waals surface area (Å²) in [6.07, 6.45) is 6.45. The number of aromatic nitrogens is 4. The van der Waals surface area contributed by atoms with Crippen molar-refractivity contribution in [2.45, 2.75) is 13.3 Å². The molecule has 6 aromatic carbocycles. The highest BCUT2D eigenvalue weighted by Crippen LogP contribution is 2.40. The molecule has 52 heavy (non-hydrogen) atoms. The third-order valence-corrected chi connectivity index (χ3v) is 10.4. The summed E-state index contributed by atoms with van der Waals surface area (Å²) >= 11 is 0. The van der Waals surface area contributed by atoms with Gasteiger partial charge < -0.3 is 0 Å². The fourth-order valence-corrected chi connectivity index (χ4v) is 7.82. The Kier molecular flexibility index (Phi) is 7.07. The van der Waals surface area contributed by atoms with E-state index in [0.717, 1.165) is 67.4 Å². The van der Waals surface area contributed by atoms with Crippen LogP contribution >= 0.6 is 0 Å². The summed E-state index contributed by atoms with van der Waals surface area (Å²) in [5, 5.41) is 8.25. The van der Waals surface area contributed by atoms with Crippen LogP contribution in [0.1, 0.15) is 12.5 Å². The van der Waals surface area contributed by atoms with E-state index in [2.05, 4.69) is 139 Å². The van der Waals surface area contributed by atoms with Crippen molar-refractivity contribution in [3.05, 3.63) is 170 Å². The number of benzene rings is 6. The van der Waals surface area contributed by atoms with Crippen molar-refractivity contribution in [2.75, 3.05) is 0 Å². The molecule has 244 valence electrons. The molecule has 4 nitrogen and oxygen atoms in total. The molecule has 0 saturated carbocycles. The molecule has 0 unspecified atom stereocenters. The van der Waals surface area contributed by atoms with E-state index in [1.807, 2.05) is 30.6 Å². The van der Waals surface area contributed by atoms with Crippen LogP contribution < -0.4 is 0 Å². The minimum absolute atomic E-state index is 0.909. The average Bonchev–Trinajstić information content (AvgIpc) is 3.22. The second-order valence-electron chi connectivity index (χ2n) is 13.3. The van der Waals surface area contributed by atoms with Gasteiger partial charge in [-0.3, -0.25) is 9.97 Å². The maximum absolute atomic E-state index is 5.28. The molecule has 0 atom stereocenters. The largest absolute Gasteiger partial charge is 0.264 e. The molecular weight excluding hydrogens is 633 g/mol. The summed E-state index contributed by atoms with van der Waals surface area (Å²) in [7, 11) is 0. The highest BCUT2D eigenvalue weighted by atomic mass is 14.7. The minimum atomic E-state index is 0.909. The predicted octanol–water partition coefficient (Wildman–Crippen LogP) is 12.3. The SMILES string of the molecule is CCc1c(-c2ccc(-c3ccc4ccc(-c5ccc6ccc(-c7cccnc7)nc6c5)cc4n3)c3ccccc23)ccc2ccc3cccnc3c12. The molecule has 4 aromatic heterocycles. The minimum Gasteiger partial charge on any atom is -0.264 e. The van der Waals surface area contributed by atoms with Crippen LogP contribution in [-0.4, -0.2) is 19.9 Å². The predicted molar refractivity (Wildman–Crippen MR) is 216 cm³/mol. The van der Waals surface area contributed by atoms with Crippen molar-refractivity contribution in [1.29, 1.82) is 0 Å². The van der Waals surface area contributed by atoms with Crippen molar-refractivity contribution in [1.82, 2.24) is 19.9 Å². The van der Waals surface area contributed by atoms with Gasteiger partial charge in [-0.15, -0.1) is 0 Å². The smallest absolute Gasteiger partial charge is 0.0783 e. The number of hydrogen-bond donors (Lipinski definition) is 0. The number of aryl methyl sites for hydroxylation is 1. The standard InChI is InChI=1S/C48H32N4/c1-2-37-40(20-17-32-13-14-33-7-6-26-50-48(33)47(32)37)41-21-22-42(39-10-4-3-9-38(39)41)44-24-19-31-12-16-35(28-46(31)52-44)34-15-11-30-18-23-43(51-45(30)27-34)36-8-5-25-49-29-36/h3-29H,2H2,1H3. The molecule has 4 heterocycles. The second-order valence-corrected chi connectivity index (χ2v) is 13.3. The van der Waals surface area contributed by atoms with Crippen LogP contribution in [0.4, 0.5) is 0 Å². The lowest BCUT2D eigenvalue weighted by atomic mass is 9.87. The van der Waals surface area contributed by atoms with Crippen molar-refractivity contribution in [3.63, 3.8) is 0 Å². The average molecular weight is 665 g/mol. The molecular formula is C48H32N4. The van der Waals surface area contributed by atoms with Crippen molar-refractivity contribution in [2.24, 2.45) is 0 Å². The van der Waals surface area contributed by atoms with Crippen LogP contribution in [0.2, 0.25) is 0 Å². The van der Waals surface area contributed by atoms with Gasteiger partial charge in [0.2, 0.25) is 0 Å². The lowest BCUT2D eigenvalue weighted by Gasteiger charge is -2.17. The zero-order valence-corrected chi connectivity index (χ0v) is 28.6. The van der Waals surface area contributed by atoms with Gasteiger partial charge in [-0.25, -0.2) is 9.97 Å². The van der Waals surface area contributed by atoms with E-state index in [9.17, 15) is 0 Å². The summed E-state index contributed by atoms with van der Waals surface area (Å²) in [6, 6.07) is 51.8. The first-order valence-electron chi connectivity index (χ1n) is 17.8. The molecule has 10 rings (SSSR count). The van der Waals surface area contributed by atoms with Crippen LogP contribution in [0.25, 0.3) is 99.0 Å². The fourth-order valence-electron chi connectivity index (χ4n) is 7.82. The molecule has 4 heteroatoms. The van der Waals surface area contributed by atoms with E-state index in [1.54, 1.807) is 6.20 Å². The van der Waals surface area contributed by atoms with Gasteiger partial charge >= 0.3 is 0 Å². The maximum Gasteiger partial charge on any atom is 0.0783 e. The van der Waals surface area contributed by atoms with Crippen molar-refractivity contribution < 1.29 is 0 Å². The Labute approximate surface area is 301 Å². The van der Waals surface area contributed by atoms with Crippen LogP contribution in [0.3, 0.4) is 0 Å². The summed E-state index contributed by atoms with van der Waals surface area (Å²) in [5.74, 6) is 0. The van der Waals surface area contributed by atoms with E-state index >= 15 is 0 Å². The van der Waals surface area contributed by atoms with Gasteiger partial charge in [0.05, 0.1) is 27.9 Å². The number of rotatable bonds is 5. The van der Waals surface area contributed by atoms with Crippen molar-refractivity contribution >= 4 is 54.3 Å².